The lowest BCUT2D eigenvalue weighted by atomic mass is 10.0. The van der Waals surface area contributed by atoms with E-state index >= 15 is 0 Å². The fraction of sp³-hybridized carbons (Fsp3) is 0.600. The van der Waals surface area contributed by atoms with Crippen molar-refractivity contribution in [1.82, 2.24) is 14.9 Å². The lowest BCUT2D eigenvalue weighted by molar-refractivity contribution is -0.142. The third-order valence-electron chi connectivity index (χ3n) is 2.87. The minimum atomic E-state index is -4.47. The summed E-state index contributed by atoms with van der Waals surface area (Å²) in [5.74, 6) is -0.305. The summed E-state index contributed by atoms with van der Waals surface area (Å²) in [5.41, 5.74) is 5.01. The lowest BCUT2D eigenvalue weighted by Crippen LogP contribution is -2.33. The predicted octanol–water partition coefficient (Wildman–Crippen LogP) is 1.46. The van der Waals surface area contributed by atoms with E-state index in [-0.39, 0.29) is 18.1 Å². The molecule has 17 heavy (non-hydrogen) atoms. The van der Waals surface area contributed by atoms with Gasteiger partial charge in [0.05, 0.1) is 5.69 Å². The molecule has 0 fully saturated rings. The fourth-order valence-corrected chi connectivity index (χ4v) is 1.99. The summed E-state index contributed by atoms with van der Waals surface area (Å²) in [5, 5.41) is 0. The van der Waals surface area contributed by atoms with Crippen LogP contribution in [0.2, 0.25) is 0 Å². The highest BCUT2D eigenvalue weighted by Gasteiger charge is 2.38. The molecule has 0 aromatic carbocycles. The number of nitrogens with two attached hydrogens (primary N) is 1. The largest absolute Gasteiger partial charge is 0.433 e. The average molecular weight is 246 g/mol. The van der Waals surface area contributed by atoms with E-state index in [0.717, 1.165) is 0 Å². The fourth-order valence-electron chi connectivity index (χ4n) is 1.99. The Kier molecular flexibility index (Phi) is 2.94. The SMILES string of the molecule is CCN1CCc2nc(N)nc(C(F)(F)F)c2C1. The van der Waals surface area contributed by atoms with Crippen LogP contribution in [0.25, 0.3) is 0 Å². The van der Waals surface area contributed by atoms with Crippen LogP contribution < -0.4 is 5.73 Å². The van der Waals surface area contributed by atoms with Gasteiger partial charge in [-0.05, 0) is 6.54 Å². The molecule has 2 rings (SSSR count). The summed E-state index contributed by atoms with van der Waals surface area (Å²) >= 11 is 0. The Labute approximate surface area is 96.7 Å². The van der Waals surface area contributed by atoms with Crippen LogP contribution in [0.15, 0.2) is 0 Å². The number of alkyl halides is 3. The Bertz CT molecular complexity index is 430. The van der Waals surface area contributed by atoms with Gasteiger partial charge in [0.15, 0.2) is 5.69 Å². The number of rotatable bonds is 1. The van der Waals surface area contributed by atoms with Crippen molar-refractivity contribution >= 4 is 5.95 Å². The van der Waals surface area contributed by atoms with Gasteiger partial charge in [0.1, 0.15) is 0 Å². The van der Waals surface area contributed by atoms with Gasteiger partial charge in [-0.2, -0.15) is 13.2 Å². The van der Waals surface area contributed by atoms with Crippen molar-refractivity contribution < 1.29 is 13.2 Å². The molecule has 2 N–H and O–H groups in total. The van der Waals surface area contributed by atoms with Crippen LogP contribution in [0.5, 0.6) is 0 Å². The molecule has 0 saturated carbocycles. The second-order valence-electron chi connectivity index (χ2n) is 3.97. The molecule has 0 amide bonds. The van der Waals surface area contributed by atoms with Crippen molar-refractivity contribution in [2.24, 2.45) is 0 Å². The van der Waals surface area contributed by atoms with E-state index < -0.39 is 11.9 Å². The Morgan fingerprint density at radius 1 is 1.35 bits per heavy atom. The third kappa shape index (κ3) is 2.33. The number of halogens is 3. The number of anilines is 1. The molecule has 4 nitrogen and oxygen atoms in total. The van der Waals surface area contributed by atoms with Gasteiger partial charge in [-0.15, -0.1) is 0 Å². The Hall–Kier alpha value is -1.37. The van der Waals surface area contributed by atoms with Crippen LogP contribution in [0.4, 0.5) is 19.1 Å². The van der Waals surface area contributed by atoms with Gasteiger partial charge < -0.3 is 5.73 Å². The van der Waals surface area contributed by atoms with E-state index in [0.29, 0.717) is 25.2 Å². The molecule has 1 aliphatic rings. The van der Waals surface area contributed by atoms with E-state index in [2.05, 4.69) is 9.97 Å². The van der Waals surface area contributed by atoms with E-state index in [4.69, 9.17) is 5.73 Å². The Balaban J connectivity index is 2.49. The molecule has 94 valence electrons. The summed E-state index contributed by atoms with van der Waals surface area (Å²) in [4.78, 5) is 9.17. The molecule has 1 aromatic rings. The minimum Gasteiger partial charge on any atom is -0.368 e. The highest BCUT2D eigenvalue weighted by atomic mass is 19.4. The molecule has 0 saturated heterocycles. The number of fused-ring (bicyclic) bond motifs is 1. The Morgan fingerprint density at radius 2 is 2.06 bits per heavy atom. The molecule has 0 unspecified atom stereocenters. The predicted molar refractivity (Wildman–Crippen MR) is 56.1 cm³/mol. The molecule has 7 heteroatoms. The maximum absolute atomic E-state index is 12.8. The zero-order valence-electron chi connectivity index (χ0n) is 9.38. The molecular weight excluding hydrogens is 233 g/mol. The minimum absolute atomic E-state index is 0.166. The molecule has 0 spiro atoms. The van der Waals surface area contributed by atoms with Crippen LogP contribution in [0, 0.1) is 0 Å². The second kappa shape index (κ2) is 4.14. The normalized spacial score (nSPS) is 16.9. The summed E-state index contributed by atoms with van der Waals surface area (Å²) in [6.45, 7) is 3.57. The van der Waals surface area contributed by atoms with Crippen LogP contribution in [-0.4, -0.2) is 28.0 Å². The van der Waals surface area contributed by atoms with Crippen molar-refractivity contribution in [2.45, 2.75) is 26.1 Å². The van der Waals surface area contributed by atoms with Gasteiger partial charge in [-0.3, -0.25) is 4.90 Å². The number of nitrogens with zero attached hydrogens (tertiary/aromatic N) is 3. The standard InChI is InChI=1S/C10H13F3N4/c1-2-17-4-3-7-6(5-17)8(10(11,12)13)16-9(14)15-7/h2-5H2,1H3,(H2,14,15,16). The first-order chi connectivity index (χ1) is 7.91. The van der Waals surface area contributed by atoms with Crippen LogP contribution in [0.1, 0.15) is 23.9 Å². The molecular formula is C10H13F3N4. The van der Waals surface area contributed by atoms with Crippen molar-refractivity contribution in [3.8, 4) is 0 Å². The quantitative estimate of drug-likeness (QED) is 0.815. The number of aromatic nitrogens is 2. The molecule has 2 heterocycles. The summed E-state index contributed by atoms with van der Waals surface area (Å²) in [6.07, 6.45) is -3.99. The number of hydrogen-bond acceptors (Lipinski definition) is 4. The van der Waals surface area contributed by atoms with Crippen molar-refractivity contribution in [3.05, 3.63) is 17.0 Å². The van der Waals surface area contributed by atoms with E-state index in [1.165, 1.54) is 0 Å². The monoisotopic (exact) mass is 246 g/mol. The van der Waals surface area contributed by atoms with Gasteiger partial charge >= 0.3 is 6.18 Å². The first-order valence-electron chi connectivity index (χ1n) is 5.36. The van der Waals surface area contributed by atoms with Crippen molar-refractivity contribution in [2.75, 3.05) is 18.8 Å². The second-order valence-corrected chi connectivity index (χ2v) is 3.97. The van der Waals surface area contributed by atoms with E-state index in [1.54, 1.807) is 0 Å². The third-order valence-corrected chi connectivity index (χ3v) is 2.87. The molecule has 0 aliphatic carbocycles. The van der Waals surface area contributed by atoms with Gasteiger partial charge in [-0.25, -0.2) is 9.97 Å². The summed E-state index contributed by atoms with van der Waals surface area (Å²) in [6, 6.07) is 0. The maximum atomic E-state index is 12.8. The maximum Gasteiger partial charge on any atom is 0.433 e. The number of nitrogen functional groups attached to an aromatic ring is 1. The highest BCUT2D eigenvalue weighted by Crippen LogP contribution is 2.34. The van der Waals surface area contributed by atoms with Crippen LogP contribution >= 0.6 is 0 Å². The zero-order valence-corrected chi connectivity index (χ0v) is 9.38. The average Bonchev–Trinajstić information content (AvgIpc) is 2.26. The molecule has 1 aromatic heterocycles. The van der Waals surface area contributed by atoms with Gasteiger partial charge in [0, 0.05) is 25.1 Å². The topological polar surface area (TPSA) is 55.0 Å². The molecule has 0 radical (unpaired) electrons. The molecule has 0 atom stereocenters. The van der Waals surface area contributed by atoms with Gasteiger partial charge in [0.25, 0.3) is 0 Å². The lowest BCUT2D eigenvalue weighted by Gasteiger charge is -2.28. The van der Waals surface area contributed by atoms with E-state index in [9.17, 15) is 13.2 Å². The Morgan fingerprint density at radius 3 is 2.65 bits per heavy atom. The highest BCUT2D eigenvalue weighted by molar-refractivity contribution is 5.35. The van der Waals surface area contributed by atoms with E-state index in [1.807, 2.05) is 11.8 Å². The molecule has 1 aliphatic heterocycles. The summed E-state index contributed by atoms with van der Waals surface area (Å²) < 4.78 is 38.5. The first-order valence-corrected chi connectivity index (χ1v) is 5.36. The van der Waals surface area contributed by atoms with Crippen LogP contribution in [0.3, 0.4) is 0 Å². The number of hydrogen-bond donors (Lipinski definition) is 1. The number of likely N-dealkylation sites (N-methyl/N-ethyl adjacent to an activating group) is 1. The van der Waals surface area contributed by atoms with Crippen molar-refractivity contribution in [1.29, 1.82) is 0 Å². The van der Waals surface area contributed by atoms with Gasteiger partial charge in [0.2, 0.25) is 5.95 Å². The zero-order chi connectivity index (χ0) is 12.6. The first kappa shape index (κ1) is 12.1. The van der Waals surface area contributed by atoms with Crippen molar-refractivity contribution in [3.63, 3.8) is 0 Å². The smallest absolute Gasteiger partial charge is 0.368 e. The van der Waals surface area contributed by atoms with Crippen LogP contribution in [-0.2, 0) is 19.1 Å². The van der Waals surface area contributed by atoms with Gasteiger partial charge in [-0.1, -0.05) is 6.92 Å². The molecule has 0 bridgehead atoms. The summed E-state index contributed by atoms with van der Waals surface area (Å²) in [7, 11) is 0.